The molecule has 1 nitrogen and oxygen atoms in total. The fraction of sp³-hybridized carbons (Fsp3) is 0.0933. The van der Waals surface area contributed by atoms with Crippen molar-refractivity contribution in [1.82, 2.24) is 0 Å². The van der Waals surface area contributed by atoms with Gasteiger partial charge in [-0.3, -0.25) is 0 Å². The average molecular weight is 971 g/mol. The summed E-state index contributed by atoms with van der Waals surface area (Å²) < 4.78 is 6.17. The summed E-state index contributed by atoms with van der Waals surface area (Å²) >= 11 is 0. The average Bonchev–Trinajstić information content (AvgIpc) is 4.17. The van der Waals surface area contributed by atoms with Gasteiger partial charge in [0, 0.05) is 27.5 Å². The highest BCUT2D eigenvalue weighted by Gasteiger charge is 2.39. The number of hydrogen-bond donors (Lipinski definition) is 0. The predicted molar refractivity (Wildman–Crippen MR) is 319 cm³/mol. The smallest absolute Gasteiger partial charge is 0.135 e. The van der Waals surface area contributed by atoms with Gasteiger partial charge in [-0.2, -0.15) is 0 Å². The van der Waals surface area contributed by atoms with Crippen molar-refractivity contribution in [1.29, 1.82) is 0 Å². The predicted octanol–water partition coefficient (Wildman–Crippen LogP) is 20.4. The summed E-state index contributed by atoms with van der Waals surface area (Å²) in [5.41, 5.74) is 25.9. The largest absolute Gasteiger partial charge is 0.456 e. The molecule has 0 N–H and O–H groups in total. The monoisotopic (exact) mass is 970 g/mol. The van der Waals surface area contributed by atoms with Gasteiger partial charge in [0.2, 0.25) is 0 Å². The summed E-state index contributed by atoms with van der Waals surface area (Å²) in [4.78, 5) is 0. The molecule has 360 valence electrons. The molecule has 0 radical (unpaired) electrons. The maximum atomic E-state index is 6.17. The lowest BCUT2D eigenvalue weighted by Gasteiger charge is -2.27. The van der Waals surface area contributed by atoms with Crippen molar-refractivity contribution < 1.29 is 4.42 Å². The van der Waals surface area contributed by atoms with Crippen molar-refractivity contribution in [2.75, 3.05) is 0 Å². The second-order valence-electron chi connectivity index (χ2n) is 22.4. The minimum absolute atomic E-state index is 0.0216. The Kier molecular flexibility index (Phi) is 9.79. The van der Waals surface area contributed by atoms with E-state index in [1.54, 1.807) is 0 Å². The van der Waals surface area contributed by atoms with Crippen LogP contribution in [0.5, 0.6) is 0 Å². The van der Waals surface area contributed by atoms with E-state index in [2.05, 4.69) is 264 Å². The van der Waals surface area contributed by atoms with E-state index >= 15 is 0 Å². The van der Waals surface area contributed by atoms with Crippen molar-refractivity contribution in [3.63, 3.8) is 0 Å². The molecule has 12 aromatic carbocycles. The van der Waals surface area contributed by atoms with E-state index < -0.39 is 0 Å². The fourth-order valence-corrected chi connectivity index (χ4v) is 13.2. The topological polar surface area (TPSA) is 13.1 Å². The SMILES string of the molecule is CC1(C)c2cc(-c3ccc4ccccc4c3)ccc2-c2ccc(C(c3cccc(-c4ccc(-c5ccc6oc7ccccc7c6c5)cc4)c3)c3ccc4c(c3)C(C)(C)c3cc(-c5ccc6ccccc6c5)ccc3-4)cc21. The first-order chi connectivity index (χ1) is 37.1. The zero-order valence-electron chi connectivity index (χ0n) is 43.2. The minimum atomic E-state index is -0.207. The molecule has 2 aliphatic rings. The molecule has 0 saturated carbocycles. The van der Waals surface area contributed by atoms with Crippen LogP contribution in [0.15, 0.2) is 253 Å². The Morgan fingerprint density at radius 2 is 0.658 bits per heavy atom. The van der Waals surface area contributed by atoms with Crippen LogP contribution in [-0.2, 0) is 10.8 Å². The Balaban J connectivity index is 0.824. The lowest BCUT2D eigenvalue weighted by molar-refractivity contribution is 0.657. The van der Waals surface area contributed by atoms with E-state index in [0.29, 0.717) is 0 Å². The van der Waals surface area contributed by atoms with Crippen molar-refractivity contribution >= 4 is 43.5 Å². The van der Waals surface area contributed by atoms with E-state index in [1.165, 1.54) is 127 Å². The third kappa shape index (κ3) is 6.99. The maximum Gasteiger partial charge on any atom is 0.135 e. The van der Waals surface area contributed by atoms with E-state index in [4.69, 9.17) is 4.42 Å². The van der Waals surface area contributed by atoms with Gasteiger partial charge in [-0.1, -0.05) is 234 Å². The first-order valence-corrected chi connectivity index (χ1v) is 26.8. The number of fused-ring (bicyclic) bond motifs is 11. The zero-order chi connectivity index (χ0) is 50.9. The lowest BCUT2D eigenvalue weighted by Crippen LogP contribution is -2.17. The molecule has 1 aromatic heterocycles. The van der Waals surface area contributed by atoms with Crippen LogP contribution in [0.25, 0.3) is 110 Å². The molecule has 76 heavy (non-hydrogen) atoms. The summed E-state index contributed by atoms with van der Waals surface area (Å²) in [7, 11) is 0. The zero-order valence-corrected chi connectivity index (χ0v) is 43.2. The van der Waals surface area contributed by atoms with E-state index in [1.807, 2.05) is 12.1 Å². The molecule has 0 atom stereocenters. The van der Waals surface area contributed by atoms with Gasteiger partial charge in [0.15, 0.2) is 0 Å². The maximum absolute atomic E-state index is 6.17. The Hall–Kier alpha value is -9.04. The van der Waals surface area contributed by atoms with Gasteiger partial charge in [-0.25, -0.2) is 0 Å². The van der Waals surface area contributed by atoms with Crippen LogP contribution in [0.3, 0.4) is 0 Å². The standard InChI is InChI=1S/C75H54O/c1-74(2)67-42-56(53-26-24-46-12-5-7-14-50(46)38-53)28-33-61(67)63-35-30-59(44-69(63)74)73(58-17-11-16-52(40-58)48-20-22-49(23-21-48)55-32-37-72-66(41-55)65-18-9-10-19-71(65)76-72)60-31-36-64-62-34-29-57(43-68(62)75(3,4)70(64)45-60)54-27-25-47-13-6-8-15-51(47)39-54/h5-45,73H,1-4H3. The van der Waals surface area contributed by atoms with E-state index in [0.717, 1.165) is 21.9 Å². The Bertz CT molecular complexity index is 4330. The molecule has 2 aliphatic carbocycles. The highest BCUT2D eigenvalue weighted by atomic mass is 16.3. The third-order valence-corrected chi connectivity index (χ3v) is 17.4. The summed E-state index contributed by atoms with van der Waals surface area (Å²) in [6, 6.07) is 93.3. The molecule has 13 aromatic rings. The van der Waals surface area contributed by atoms with Crippen molar-refractivity contribution in [2.24, 2.45) is 0 Å². The third-order valence-electron chi connectivity index (χ3n) is 17.4. The molecule has 0 spiro atoms. The highest BCUT2D eigenvalue weighted by Crippen LogP contribution is 2.54. The first-order valence-electron chi connectivity index (χ1n) is 26.8. The Labute approximate surface area is 444 Å². The Morgan fingerprint density at radius 1 is 0.263 bits per heavy atom. The summed E-state index contributed by atoms with van der Waals surface area (Å²) in [5.74, 6) is -0.0216. The molecule has 0 amide bonds. The summed E-state index contributed by atoms with van der Waals surface area (Å²) in [6.45, 7) is 9.67. The highest BCUT2D eigenvalue weighted by molar-refractivity contribution is 6.06. The van der Waals surface area contributed by atoms with E-state index in [-0.39, 0.29) is 16.7 Å². The number of hydrogen-bond acceptors (Lipinski definition) is 1. The minimum Gasteiger partial charge on any atom is -0.456 e. The van der Waals surface area contributed by atoms with Crippen molar-refractivity contribution in [3.8, 4) is 66.8 Å². The van der Waals surface area contributed by atoms with Crippen LogP contribution in [0, 0.1) is 0 Å². The summed E-state index contributed by atoms with van der Waals surface area (Å²) in [5, 5.41) is 7.35. The first kappa shape index (κ1) is 44.4. The molecule has 0 aliphatic heterocycles. The van der Waals surface area contributed by atoms with Crippen LogP contribution in [0.1, 0.15) is 72.6 Å². The van der Waals surface area contributed by atoms with Crippen LogP contribution in [0.2, 0.25) is 0 Å². The molecule has 0 unspecified atom stereocenters. The molecule has 1 heteroatoms. The number of furan rings is 1. The van der Waals surface area contributed by atoms with Crippen LogP contribution >= 0.6 is 0 Å². The van der Waals surface area contributed by atoms with Gasteiger partial charge in [0.25, 0.3) is 0 Å². The van der Waals surface area contributed by atoms with Crippen molar-refractivity contribution in [2.45, 2.75) is 44.4 Å². The molecule has 0 saturated heterocycles. The van der Waals surface area contributed by atoms with Gasteiger partial charge in [-0.05, 0) is 170 Å². The van der Waals surface area contributed by atoms with Gasteiger partial charge >= 0.3 is 0 Å². The quantitative estimate of drug-likeness (QED) is 0.145. The van der Waals surface area contributed by atoms with Crippen molar-refractivity contribution in [3.05, 3.63) is 288 Å². The molecule has 15 rings (SSSR count). The second kappa shape index (κ2) is 16.7. The molecule has 1 heterocycles. The van der Waals surface area contributed by atoms with Crippen LogP contribution < -0.4 is 0 Å². The van der Waals surface area contributed by atoms with Crippen LogP contribution in [-0.4, -0.2) is 0 Å². The number of benzene rings is 12. The van der Waals surface area contributed by atoms with Gasteiger partial charge in [0.05, 0.1) is 0 Å². The number of para-hydroxylation sites is 1. The molecule has 0 fully saturated rings. The molecular formula is C75H54O. The second-order valence-corrected chi connectivity index (χ2v) is 22.4. The Morgan fingerprint density at radius 3 is 1.22 bits per heavy atom. The number of rotatable bonds is 7. The summed E-state index contributed by atoms with van der Waals surface area (Å²) in [6.07, 6.45) is 0. The van der Waals surface area contributed by atoms with Gasteiger partial charge in [0.1, 0.15) is 11.2 Å². The molecule has 0 bridgehead atoms. The molecular weight excluding hydrogens is 917 g/mol. The van der Waals surface area contributed by atoms with E-state index in [9.17, 15) is 0 Å². The fourth-order valence-electron chi connectivity index (χ4n) is 13.2. The van der Waals surface area contributed by atoms with Gasteiger partial charge in [-0.15, -0.1) is 0 Å². The van der Waals surface area contributed by atoms with Gasteiger partial charge < -0.3 is 4.42 Å². The van der Waals surface area contributed by atoms with Crippen LogP contribution in [0.4, 0.5) is 0 Å². The lowest BCUT2D eigenvalue weighted by atomic mass is 9.76. The normalized spacial score (nSPS) is 13.9.